The predicted octanol–water partition coefficient (Wildman–Crippen LogP) is 4.74. The van der Waals surface area contributed by atoms with E-state index in [2.05, 4.69) is 21.2 Å². The van der Waals surface area contributed by atoms with Crippen molar-refractivity contribution in [1.82, 2.24) is 5.32 Å². The molecule has 120 valence electrons. The topological polar surface area (TPSA) is 21.3 Å². The molecule has 0 atom stereocenters. The first kappa shape index (κ1) is 18.9. The molecule has 0 unspecified atom stereocenters. The Morgan fingerprint density at radius 1 is 1.14 bits per heavy atom. The molecule has 22 heavy (non-hydrogen) atoms. The van der Waals surface area contributed by atoms with Crippen LogP contribution in [0.2, 0.25) is 0 Å². The third-order valence-corrected chi connectivity index (χ3v) is 3.66. The summed E-state index contributed by atoms with van der Waals surface area (Å²) in [5, 5.41) is 3.34. The van der Waals surface area contributed by atoms with E-state index in [1.54, 1.807) is 6.07 Å². The number of halogens is 3. The van der Waals surface area contributed by atoms with Crippen LogP contribution in [0.4, 0.5) is 4.39 Å². The first-order chi connectivity index (χ1) is 10.2. The van der Waals surface area contributed by atoms with Gasteiger partial charge in [-0.05, 0) is 49.7 Å². The standard InChI is InChI=1S/C17H19BrFNO.ClH/c1-2-21-17-8-7-15(18)11-14(17)12-20-10-9-13-5-3-4-6-16(13)19;/h3-8,11,20H,2,9-10,12H2,1H3;1H. The molecule has 0 radical (unpaired) electrons. The summed E-state index contributed by atoms with van der Waals surface area (Å²) in [6.45, 7) is 4.03. The Bertz CT molecular complexity index is 595. The summed E-state index contributed by atoms with van der Waals surface area (Å²) >= 11 is 3.47. The minimum Gasteiger partial charge on any atom is -0.494 e. The fraction of sp³-hybridized carbons (Fsp3) is 0.294. The number of hydrogen-bond acceptors (Lipinski definition) is 2. The third-order valence-electron chi connectivity index (χ3n) is 3.17. The van der Waals surface area contributed by atoms with E-state index in [0.29, 0.717) is 19.6 Å². The van der Waals surface area contributed by atoms with Gasteiger partial charge in [0.15, 0.2) is 0 Å². The van der Waals surface area contributed by atoms with Crippen LogP contribution in [0.3, 0.4) is 0 Å². The van der Waals surface area contributed by atoms with Crippen LogP contribution in [-0.2, 0) is 13.0 Å². The highest BCUT2D eigenvalue weighted by molar-refractivity contribution is 9.10. The van der Waals surface area contributed by atoms with Crippen molar-refractivity contribution < 1.29 is 9.13 Å². The Labute approximate surface area is 145 Å². The minimum absolute atomic E-state index is 0. The second-order valence-electron chi connectivity index (χ2n) is 4.70. The average Bonchev–Trinajstić information content (AvgIpc) is 2.48. The molecule has 0 fully saturated rings. The molecule has 0 heterocycles. The second-order valence-corrected chi connectivity index (χ2v) is 5.62. The highest BCUT2D eigenvalue weighted by Gasteiger charge is 2.05. The van der Waals surface area contributed by atoms with Gasteiger partial charge in [0.1, 0.15) is 11.6 Å². The van der Waals surface area contributed by atoms with Crippen molar-refractivity contribution >= 4 is 28.3 Å². The monoisotopic (exact) mass is 387 g/mol. The van der Waals surface area contributed by atoms with Crippen LogP contribution in [0, 0.1) is 5.82 Å². The lowest BCUT2D eigenvalue weighted by Gasteiger charge is -2.12. The maximum Gasteiger partial charge on any atom is 0.126 e. The van der Waals surface area contributed by atoms with Crippen LogP contribution >= 0.6 is 28.3 Å². The van der Waals surface area contributed by atoms with Crippen LogP contribution < -0.4 is 10.1 Å². The largest absolute Gasteiger partial charge is 0.494 e. The molecule has 0 aliphatic carbocycles. The van der Waals surface area contributed by atoms with E-state index >= 15 is 0 Å². The van der Waals surface area contributed by atoms with Crippen molar-refractivity contribution in [2.75, 3.05) is 13.2 Å². The number of rotatable bonds is 7. The normalized spacial score (nSPS) is 10.1. The van der Waals surface area contributed by atoms with Crippen molar-refractivity contribution in [3.63, 3.8) is 0 Å². The Kier molecular flexibility index (Phi) is 8.46. The lowest BCUT2D eigenvalue weighted by atomic mass is 10.1. The number of benzene rings is 2. The van der Waals surface area contributed by atoms with Gasteiger partial charge in [-0.1, -0.05) is 34.1 Å². The molecular formula is C17H20BrClFNO. The summed E-state index contributed by atoms with van der Waals surface area (Å²) in [5.74, 6) is 0.746. The van der Waals surface area contributed by atoms with Crippen molar-refractivity contribution in [2.45, 2.75) is 19.9 Å². The highest BCUT2D eigenvalue weighted by atomic mass is 79.9. The van der Waals surface area contributed by atoms with E-state index in [1.165, 1.54) is 6.07 Å². The van der Waals surface area contributed by atoms with E-state index in [9.17, 15) is 4.39 Å². The lowest BCUT2D eigenvalue weighted by molar-refractivity contribution is 0.335. The number of nitrogens with one attached hydrogen (secondary N) is 1. The maximum absolute atomic E-state index is 13.5. The molecule has 0 spiro atoms. The summed E-state index contributed by atoms with van der Waals surface area (Å²) in [7, 11) is 0. The van der Waals surface area contributed by atoms with Crippen LogP contribution in [0.5, 0.6) is 5.75 Å². The van der Waals surface area contributed by atoms with Crippen LogP contribution in [0.25, 0.3) is 0 Å². The van der Waals surface area contributed by atoms with Gasteiger partial charge in [-0.2, -0.15) is 0 Å². The molecule has 0 saturated heterocycles. The molecule has 0 saturated carbocycles. The van der Waals surface area contributed by atoms with Gasteiger partial charge in [-0.15, -0.1) is 12.4 Å². The van der Waals surface area contributed by atoms with Gasteiger partial charge in [0.2, 0.25) is 0 Å². The smallest absolute Gasteiger partial charge is 0.126 e. The van der Waals surface area contributed by atoms with Crippen molar-refractivity contribution in [2.24, 2.45) is 0 Å². The molecule has 0 amide bonds. The van der Waals surface area contributed by atoms with E-state index in [0.717, 1.165) is 27.9 Å². The molecule has 0 aliphatic rings. The lowest BCUT2D eigenvalue weighted by Crippen LogP contribution is -2.17. The number of hydrogen-bond donors (Lipinski definition) is 1. The zero-order valence-corrected chi connectivity index (χ0v) is 14.8. The number of ether oxygens (including phenoxy) is 1. The van der Waals surface area contributed by atoms with Gasteiger partial charge >= 0.3 is 0 Å². The van der Waals surface area contributed by atoms with Crippen LogP contribution in [0.15, 0.2) is 46.9 Å². The summed E-state index contributed by atoms with van der Waals surface area (Å²) in [5.41, 5.74) is 1.84. The van der Waals surface area contributed by atoms with Gasteiger partial charge < -0.3 is 10.1 Å². The Morgan fingerprint density at radius 3 is 2.64 bits per heavy atom. The molecule has 2 aromatic carbocycles. The third kappa shape index (κ3) is 5.59. The average molecular weight is 389 g/mol. The fourth-order valence-corrected chi connectivity index (χ4v) is 2.54. The summed E-state index contributed by atoms with van der Waals surface area (Å²) in [4.78, 5) is 0. The van der Waals surface area contributed by atoms with E-state index in [4.69, 9.17) is 4.74 Å². The van der Waals surface area contributed by atoms with E-state index in [-0.39, 0.29) is 18.2 Å². The maximum atomic E-state index is 13.5. The van der Waals surface area contributed by atoms with E-state index < -0.39 is 0 Å². The van der Waals surface area contributed by atoms with Gasteiger partial charge in [0.25, 0.3) is 0 Å². The molecule has 0 bridgehead atoms. The fourth-order valence-electron chi connectivity index (χ4n) is 2.13. The summed E-state index contributed by atoms with van der Waals surface area (Å²) < 4.78 is 20.1. The predicted molar refractivity (Wildman–Crippen MR) is 94.4 cm³/mol. The van der Waals surface area contributed by atoms with E-state index in [1.807, 2.05) is 37.3 Å². The zero-order chi connectivity index (χ0) is 15.1. The Morgan fingerprint density at radius 2 is 1.91 bits per heavy atom. The first-order valence-corrected chi connectivity index (χ1v) is 7.85. The first-order valence-electron chi connectivity index (χ1n) is 7.06. The van der Waals surface area contributed by atoms with Gasteiger partial charge in [0, 0.05) is 16.6 Å². The molecule has 2 nitrogen and oxygen atoms in total. The molecule has 2 aromatic rings. The van der Waals surface area contributed by atoms with Gasteiger partial charge in [-0.3, -0.25) is 0 Å². The van der Waals surface area contributed by atoms with Crippen molar-refractivity contribution in [3.8, 4) is 5.75 Å². The molecule has 0 aromatic heterocycles. The molecule has 2 rings (SSSR count). The molecule has 5 heteroatoms. The quantitative estimate of drug-likeness (QED) is 0.692. The second kappa shape index (κ2) is 9.82. The van der Waals surface area contributed by atoms with Crippen molar-refractivity contribution in [1.29, 1.82) is 0 Å². The SMILES string of the molecule is CCOc1ccc(Br)cc1CNCCc1ccccc1F.Cl. The summed E-state index contributed by atoms with van der Waals surface area (Å²) in [6, 6.07) is 12.9. The van der Waals surface area contributed by atoms with Crippen molar-refractivity contribution in [3.05, 3.63) is 63.9 Å². The Hall–Kier alpha value is -1.10. The van der Waals surface area contributed by atoms with Gasteiger partial charge in [0.05, 0.1) is 6.61 Å². The van der Waals surface area contributed by atoms with Crippen LogP contribution in [-0.4, -0.2) is 13.2 Å². The molecule has 1 N–H and O–H groups in total. The minimum atomic E-state index is -0.142. The van der Waals surface area contributed by atoms with Crippen LogP contribution in [0.1, 0.15) is 18.1 Å². The molecular weight excluding hydrogens is 369 g/mol. The molecule has 0 aliphatic heterocycles. The Balaban J connectivity index is 0.00000242. The highest BCUT2D eigenvalue weighted by Crippen LogP contribution is 2.23. The zero-order valence-electron chi connectivity index (χ0n) is 12.4. The van der Waals surface area contributed by atoms with Gasteiger partial charge in [-0.25, -0.2) is 4.39 Å². The summed E-state index contributed by atoms with van der Waals surface area (Å²) in [6.07, 6.45) is 0.671.